The van der Waals surface area contributed by atoms with Gasteiger partial charge in [0.05, 0.1) is 18.3 Å². The van der Waals surface area contributed by atoms with Crippen molar-refractivity contribution in [2.75, 3.05) is 19.7 Å². The number of para-hydroxylation sites is 1. The van der Waals surface area contributed by atoms with Crippen LogP contribution in [0.15, 0.2) is 68.0 Å². The fourth-order valence-corrected chi connectivity index (χ4v) is 2.21. The van der Waals surface area contributed by atoms with Crippen LogP contribution >= 0.6 is 0 Å². The summed E-state index contributed by atoms with van der Waals surface area (Å²) in [6, 6.07) is 9.58. The van der Waals surface area contributed by atoms with Gasteiger partial charge in [0, 0.05) is 24.8 Å². The standard InChI is InChI=1S/C19H21N3O3/c1-3-10-21(11-4-2)18(23)15-25-19(24)12-16-13-20-22(14-16)17-8-6-5-7-9-17/h3-9,13-14H,1-2,10-12,15H2. The third-order valence-electron chi connectivity index (χ3n) is 3.41. The molecule has 0 unspecified atom stereocenters. The number of rotatable bonds is 9. The van der Waals surface area contributed by atoms with E-state index < -0.39 is 5.97 Å². The summed E-state index contributed by atoms with van der Waals surface area (Å²) in [6.07, 6.45) is 6.66. The van der Waals surface area contributed by atoms with Gasteiger partial charge in [-0.3, -0.25) is 9.59 Å². The average molecular weight is 339 g/mol. The van der Waals surface area contributed by atoms with Crippen LogP contribution in [0.5, 0.6) is 0 Å². The van der Waals surface area contributed by atoms with Gasteiger partial charge in [-0.05, 0) is 12.1 Å². The van der Waals surface area contributed by atoms with Crippen molar-refractivity contribution in [3.8, 4) is 5.69 Å². The largest absolute Gasteiger partial charge is 0.455 e. The Kier molecular flexibility index (Phi) is 6.71. The second-order valence-electron chi connectivity index (χ2n) is 5.34. The van der Waals surface area contributed by atoms with Crippen LogP contribution in [0.1, 0.15) is 5.56 Å². The third-order valence-corrected chi connectivity index (χ3v) is 3.41. The number of aromatic nitrogens is 2. The van der Waals surface area contributed by atoms with Gasteiger partial charge in [0.2, 0.25) is 0 Å². The molecule has 0 aliphatic heterocycles. The molecule has 1 aromatic carbocycles. The van der Waals surface area contributed by atoms with Gasteiger partial charge in [-0.25, -0.2) is 4.68 Å². The molecule has 0 spiro atoms. The summed E-state index contributed by atoms with van der Waals surface area (Å²) in [4.78, 5) is 25.4. The lowest BCUT2D eigenvalue weighted by molar-refractivity contribution is -0.151. The Morgan fingerprint density at radius 3 is 2.48 bits per heavy atom. The van der Waals surface area contributed by atoms with E-state index >= 15 is 0 Å². The van der Waals surface area contributed by atoms with E-state index in [1.807, 2.05) is 30.3 Å². The van der Waals surface area contributed by atoms with Crippen molar-refractivity contribution in [3.05, 3.63) is 73.6 Å². The molecule has 25 heavy (non-hydrogen) atoms. The van der Waals surface area contributed by atoms with E-state index in [4.69, 9.17) is 4.74 Å². The number of esters is 1. The first kappa shape index (κ1) is 18.2. The zero-order valence-electron chi connectivity index (χ0n) is 14.0. The number of hydrogen-bond donors (Lipinski definition) is 0. The van der Waals surface area contributed by atoms with Gasteiger partial charge < -0.3 is 9.64 Å². The highest BCUT2D eigenvalue weighted by atomic mass is 16.5. The summed E-state index contributed by atoms with van der Waals surface area (Å²) in [5.74, 6) is -0.758. The van der Waals surface area contributed by atoms with E-state index in [1.165, 1.54) is 4.90 Å². The van der Waals surface area contributed by atoms with Crippen molar-refractivity contribution in [2.24, 2.45) is 0 Å². The topological polar surface area (TPSA) is 64.4 Å². The van der Waals surface area contributed by atoms with Crippen LogP contribution in [-0.2, 0) is 20.7 Å². The summed E-state index contributed by atoms with van der Waals surface area (Å²) >= 11 is 0. The second-order valence-corrected chi connectivity index (χ2v) is 5.34. The van der Waals surface area contributed by atoms with Gasteiger partial charge in [0.15, 0.2) is 6.61 Å². The predicted octanol–water partition coefficient (Wildman–Crippen LogP) is 2.16. The highest BCUT2D eigenvalue weighted by molar-refractivity contribution is 5.81. The fourth-order valence-electron chi connectivity index (χ4n) is 2.21. The molecule has 2 aromatic rings. The number of carbonyl (C=O) groups excluding carboxylic acids is 2. The Bertz CT molecular complexity index is 727. The van der Waals surface area contributed by atoms with E-state index in [1.54, 1.807) is 29.2 Å². The molecule has 0 saturated heterocycles. The lowest BCUT2D eigenvalue weighted by Crippen LogP contribution is -2.35. The fraction of sp³-hybridized carbons (Fsp3) is 0.211. The Hall–Kier alpha value is -3.15. The van der Waals surface area contributed by atoms with E-state index in [9.17, 15) is 9.59 Å². The lowest BCUT2D eigenvalue weighted by Gasteiger charge is -2.18. The highest BCUT2D eigenvalue weighted by Crippen LogP contribution is 2.08. The number of hydrogen-bond acceptors (Lipinski definition) is 4. The molecule has 0 fully saturated rings. The number of carbonyl (C=O) groups is 2. The molecule has 0 atom stereocenters. The van der Waals surface area contributed by atoms with Crippen molar-refractivity contribution in [2.45, 2.75) is 6.42 Å². The maximum atomic E-state index is 12.0. The van der Waals surface area contributed by atoms with Crippen molar-refractivity contribution in [1.29, 1.82) is 0 Å². The van der Waals surface area contributed by atoms with Crippen LogP contribution in [0.2, 0.25) is 0 Å². The van der Waals surface area contributed by atoms with Gasteiger partial charge in [-0.2, -0.15) is 5.10 Å². The zero-order valence-corrected chi connectivity index (χ0v) is 14.0. The molecule has 1 heterocycles. The van der Waals surface area contributed by atoms with Crippen LogP contribution in [-0.4, -0.2) is 46.3 Å². The molecule has 0 saturated carbocycles. The van der Waals surface area contributed by atoms with Crippen LogP contribution in [0.3, 0.4) is 0 Å². The summed E-state index contributed by atoms with van der Waals surface area (Å²) in [7, 11) is 0. The Morgan fingerprint density at radius 1 is 1.16 bits per heavy atom. The van der Waals surface area contributed by atoms with Crippen molar-refractivity contribution in [1.82, 2.24) is 14.7 Å². The first-order chi connectivity index (χ1) is 12.1. The van der Waals surface area contributed by atoms with Gasteiger partial charge >= 0.3 is 5.97 Å². The molecule has 0 radical (unpaired) electrons. The van der Waals surface area contributed by atoms with Gasteiger partial charge in [-0.1, -0.05) is 30.4 Å². The minimum atomic E-state index is -0.474. The molecule has 0 aliphatic rings. The molecular weight excluding hydrogens is 318 g/mol. The van der Waals surface area contributed by atoms with Crippen LogP contribution in [0.25, 0.3) is 5.69 Å². The average Bonchev–Trinajstić information content (AvgIpc) is 3.08. The minimum absolute atomic E-state index is 0.0586. The number of ether oxygens (including phenoxy) is 1. The smallest absolute Gasteiger partial charge is 0.310 e. The van der Waals surface area contributed by atoms with Gasteiger partial charge in [-0.15, -0.1) is 13.2 Å². The summed E-state index contributed by atoms with van der Waals surface area (Å²) < 4.78 is 6.74. The predicted molar refractivity (Wildman–Crippen MR) is 95.2 cm³/mol. The third kappa shape index (κ3) is 5.46. The molecule has 130 valence electrons. The highest BCUT2D eigenvalue weighted by Gasteiger charge is 2.14. The first-order valence-electron chi connectivity index (χ1n) is 7.88. The molecule has 6 heteroatoms. The molecule has 1 aromatic heterocycles. The minimum Gasteiger partial charge on any atom is -0.455 e. The molecule has 0 N–H and O–H groups in total. The van der Waals surface area contributed by atoms with E-state index in [-0.39, 0.29) is 18.9 Å². The maximum absolute atomic E-state index is 12.0. The Balaban J connectivity index is 1.86. The van der Waals surface area contributed by atoms with E-state index in [2.05, 4.69) is 18.3 Å². The summed E-state index contributed by atoms with van der Waals surface area (Å²) in [5.41, 5.74) is 1.62. The van der Waals surface area contributed by atoms with E-state index in [0.29, 0.717) is 13.1 Å². The molecule has 1 amide bonds. The Morgan fingerprint density at radius 2 is 1.84 bits per heavy atom. The van der Waals surface area contributed by atoms with Crippen LogP contribution in [0, 0.1) is 0 Å². The van der Waals surface area contributed by atoms with Crippen molar-refractivity contribution >= 4 is 11.9 Å². The molecule has 6 nitrogen and oxygen atoms in total. The van der Waals surface area contributed by atoms with Gasteiger partial charge in [0.25, 0.3) is 5.91 Å². The quantitative estimate of drug-likeness (QED) is 0.519. The van der Waals surface area contributed by atoms with Gasteiger partial charge in [0.1, 0.15) is 0 Å². The number of amides is 1. The van der Waals surface area contributed by atoms with Crippen molar-refractivity contribution in [3.63, 3.8) is 0 Å². The van der Waals surface area contributed by atoms with Crippen molar-refractivity contribution < 1.29 is 14.3 Å². The summed E-state index contributed by atoms with van der Waals surface area (Å²) in [5, 5.41) is 4.22. The summed E-state index contributed by atoms with van der Waals surface area (Å²) in [6.45, 7) is 7.66. The normalized spacial score (nSPS) is 10.1. The van der Waals surface area contributed by atoms with Crippen LogP contribution in [0.4, 0.5) is 0 Å². The maximum Gasteiger partial charge on any atom is 0.310 e. The monoisotopic (exact) mass is 339 g/mol. The molecule has 0 aliphatic carbocycles. The molecular formula is C19H21N3O3. The molecule has 0 bridgehead atoms. The lowest BCUT2D eigenvalue weighted by atomic mass is 10.2. The number of benzene rings is 1. The Labute approximate surface area is 147 Å². The number of nitrogens with zero attached hydrogens (tertiary/aromatic N) is 3. The van der Waals surface area contributed by atoms with E-state index in [0.717, 1.165) is 11.3 Å². The van der Waals surface area contributed by atoms with Crippen LogP contribution < -0.4 is 0 Å². The zero-order chi connectivity index (χ0) is 18.1. The second kappa shape index (κ2) is 9.22. The first-order valence-corrected chi connectivity index (χ1v) is 7.88. The molecule has 2 rings (SSSR count). The SMILES string of the molecule is C=CCN(CC=C)C(=O)COC(=O)Cc1cnn(-c2ccccc2)c1.